The van der Waals surface area contributed by atoms with E-state index in [0.29, 0.717) is 41.6 Å². The van der Waals surface area contributed by atoms with Gasteiger partial charge in [0.15, 0.2) is 0 Å². The van der Waals surface area contributed by atoms with Crippen LogP contribution in [-0.4, -0.2) is 57.1 Å². The number of nitrogens with one attached hydrogen (secondary N) is 1. The minimum Gasteiger partial charge on any atom is -0.494 e. The Morgan fingerprint density at radius 1 is 0.976 bits per heavy atom. The summed E-state index contributed by atoms with van der Waals surface area (Å²) >= 11 is 7.92. The molecule has 8 nitrogen and oxygen atoms in total. The van der Waals surface area contributed by atoms with Gasteiger partial charge < -0.3 is 15.0 Å². The third-order valence-corrected chi connectivity index (χ3v) is 9.30. The van der Waals surface area contributed by atoms with E-state index in [1.54, 1.807) is 74.5 Å². The molecule has 0 aliphatic rings. The summed E-state index contributed by atoms with van der Waals surface area (Å²) in [5, 5.41) is 3.23. The molecule has 0 bridgehead atoms. The second kappa shape index (κ2) is 15.1. The van der Waals surface area contributed by atoms with Gasteiger partial charge in [0.25, 0.3) is 10.0 Å². The molecule has 3 rings (SSSR count). The first-order valence-corrected chi connectivity index (χ1v) is 16.4. The smallest absolute Gasteiger partial charge is 0.264 e. The molecule has 0 radical (unpaired) electrons. The number of carbonyl (C=O) groups excluding carboxylic acids is 2. The van der Waals surface area contributed by atoms with Crippen molar-refractivity contribution in [3.63, 3.8) is 0 Å². The van der Waals surface area contributed by atoms with Gasteiger partial charge in [-0.15, -0.1) is 11.8 Å². The predicted octanol–water partition coefficient (Wildman–Crippen LogP) is 5.60. The van der Waals surface area contributed by atoms with Crippen LogP contribution < -0.4 is 14.4 Å². The zero-order valence-electron chi connectivity index (χ0n) is 23.7. The Kier molecular flexibility index (Phi) is 11.9. The zero-order chi connectivity index (χ0) is 30.0. The Labute approximate surface area is 252 Å². The first-order chi connectivity index (χ1) is 19.7. The number of rotatable bonds is 14. The number of amides is 2. The molecule has 0 fully saturated rings. The number of thioether (sulfide) groups is 1. The van der Waals surface area contributed by atoms with E-state index in [-0.39, 0.29) is 17.3 Å². The number of sulfonamides is 1. The Morgan fingerprint density at radius 2 is 1.63 bits per heavy atom. The highest BCUT2D eigenvalue weighted by Gasteiger charge is 2.33. The lowest BCUT2D eigenvalue weighted by atomic mass is 10.1. The normalized spacial score (nSPS) is 11.9. The molecular weight excluding hydrogens is 582 g/mol. The maximum absolute atomic E-state index is 14.1. The first-order valence-electron chi connectivity index (χ1n) is 13.4. The molecular formula is C30H36ClN3O5S2. The fourth-order valence-corrected chi connectivity index (χ4v) is 6.32. The van der Waals surface area contributed by atoms with Crippen molar-refractivity contribution in [3.8, 4) is 5.75 Å². The Morgan fingerprint density at radius 3 is 2.20 bits per heavy atom. The molecule has 3 aromatic carbocycles. The minimum atomic E-state index is -4.17. The minimum absolute atomic E-state index is 0.0354. The number of anilines is 1. The summed E-state index contributed by atoms with van der Waals surface area (Å²) in [6, 6.07) is 19.3. The molecule has 1 unspecified atom stereocenters. The van der Waals surface area contributed by atoms with E-state index in [9.17, 15) is 18.0 Å². The number of hydrogen-bond acceptors (Lipinski definition) is 6. The summed E-state index contributed by atoms with van der Waals surface area (Å²) in [7, 11) is -4.17. The SMILES string of the molecule is CCNC(=O)C(CC)N(Cc1ccccc1Cl)C(=O)CN(c1ccc(OCC)cc1)S(=O)(=O)c1ccc(SC)cc1. The summed E-state index contributed by atoms with van der Waals surface area (Å²) in [4.78, 5) is 29.5. The van der Waals surface area contributed by atoms with Gasteiger partial charge in [-0.25, -0.2) is 8.42 Å². The van der Waals surface area contributed by atoms with Crippen LogP contribution in [0.3, 0.4) is 0 Å². The number of ether oxygens (including phenoxy) is 1. The molecule has 3 aromatic rings. The van der Waals surface area contributed by atoms with Crippen molar-refractivity contribution >= 4 is 50.9 Å². The molecule has 0 heterocycles. The van der Waals surface area contributed by atoms with Crippen molar-refractivity contribution in [1.29, 1.82) is 0 Å². The maximum Gasteiger partial charge on any atom is 0.264 e. The molecule has 0 aliphatic heterocycles. The zero-order valence-corrected chi connectivity index (χ0v) is 26.1. The van der Waals surface area contributed by atoms with Crippen LogP contribution in [0.25, 0.3) is 0 Å². The molecule has 2 amide bonds. The highest BCUT2D eigenvalue weighted by molar-refractivity contribution is 7.98. The average Bonchev–Trinajstić information content (AvgIpc) is 2.97. The average molecular weight is 618 g/mol. The molecule has 0 saturated carbocycles. The van der Waals surface area contributed by atoms with Crippen LogP contribution in [0.4, 0.5) is 5.69 Å². The number of carbonyl (C=O) groups is 2. The Bertz CT molecular complexity index is 1420. The Hall–Kier alpha value is -3.21. The summed E-state index contributed by atoms with van der Waals surface area (Å²) in [5.74, 6) is -0.286. The number of likely N-dealkylation sites (N-methyl/N-ethyl adjacent to an activating group) is 1. The topological polar surface area (TPSA) is 96.0 Å². The molecule has 0 saturated heterocycles. The standard InChI is InChI=1S/C30H36ClN3O5S2/c1-5-28(30(36)32-6-2)33(20-22-10-8-9-11-27(22)31)29(35)21-34(23-12-14-24(15-13-23)39-7-3)41(37,38)26-18-16-25(40-4)17-19-26/h8-19,28H,5-7,20-21H2,1-4H3,(H,32,36). The second-order valence-corrected chi connectivity index (χ2v) is 12.2. The van der Waals surface area contributed by atoms with Crippen molar-refractivity contribution in [2.75, 3.05) is 30.3 Å². The molecule has 1 N–H and O–H groups in total. The van der Waals surface area contributed by atoms with Gasteiger partial charge in [0.2, 0.25) is 11.8 Å². The van der Waals surface area contributed by atoms with Gasteiger partial charge in [-0.3, -0.25) is 13.9 Å². The number of hydrogen-bond donors (Lipinski definition) is 1. The van der Waals surface area contributed by atoms with Crippen LogP contribution in [-0.2, 0) is 26.2 Å². The second-order valence-electron chi connectivity index (χ2n) is 9.05. The van der Waals surface area contributed by atoms with Crippen LogP contribution in [0.2, 0.25) is 5.02 Å². The van der Waals surface area contributed by atoms with Gasteiger partial charge in [-0.1, -0.05) is 36.7 Å². The van der Waals surface area contributed by atoms with Crippen molar-refractivity contribution in [1.82, 2.24) is 10.2 Å². The van der Waals surface area contributed by atoms with Crippen molar-refractivity contribution in [2.45, 2.75) is 49.6 Å². The van der Waals surface area contributed by atoms with Gasteiger partial charge in [-0.2, -0.15) is 0 Å². The van der Waals surface area contributed by atoms with E-state index in [2.05, 4.69) is 5.32 Å². The quantitative estimate of drug-likeness (QED) is 0.237. The molecule has 0 aliphatic carbocycles. The van der Waals surface area contributed by atoms with Gasteiger partial charge in [0.05, 0.1) is 17.2 Å². The molecule has 220 valence electrons. The predicted molar refractivity (Wildman–Crippen MR) is 165 cm³/mol. The van der Waals surface area contributed by atoms with Gasteiger partial charge in [-0.05, 0) is 86.7 Å². The molecule has 0 spiro atoms. The van der Waals surface area contributed by atoms with Crippen LogP contribution in [0.5, 0.6) is 5.75 Å². The third-order valence-electron chi connectivity index (χ3n) is 6.40. The van der Waals surface area contributed by atoms with Crippen molar-refractivity contribution in [2.24, 2.45) is 0 Å². The third kappa shape index (κ3) is 8.18. The fraction of sp³-hybridized carbons (Fsp3) is 0.333. The van der Waals surface area contributed by atoms with Crippen LogP contribution in [0.15, 0.2) is 82.6 Å². The van der Waals surface area contributed by atoms with Crippen LogP contribution in [0.1, 0.15) is 32.8 Å². The van der Waals surface area contributed by atoms with Crippen molar-refractivity contribution < 1.29 is 22.7 Å². The van der Waals surface area contributed by atoms with Crippen molar-refractivity contribution in [3.05, 3.63) is 83.4 Å². The Balaban J connectivity index is 2.07. The summed E-state index contributed by atoms with van der Waals surface area (Å²) in [5.41, 5.74) is 0.938. The van der Waals surface area contributed by atoms with E-state index >= 15 is 0 Å². The highest BCUT2D eigenvalue weighted by Crippen LogP contribution is 2.28. The lowest BCUT2D eigenvalue weighted by Gasteiger charge is -2.33. The van der Waals surface area contributed by atoms with E-state index < -0.39 is 28.5 Å². The molecule has 1 atom stereocenters. The number of benzene rings is 3. The van der Waals surface area contributed by atoms with Gasteiger partial charge >= 0.3 is 0 Å². The summed E-state index contributed by atoms with van der Waals surface area (Å²) in [6.45, 7) is 5.82. The van der Waals surface area contributed by atoms with Crippen LogP contribution >= 0.6 is 23.4 Å². The fourth-order valence-electron chi connectivity index (χ4n) is 4.30. The monoisotopic (exact) mass is 617 g/mol. The van der Waals surface area contributed by atoms with E-state index in [1.807, 2.05) is 13.2 Å². The summed E-state index contributed by atoms with van der Waals surface area (Å²) in [6.07, 6.45) is 2.23. The molecule has 11 heteroatoms. The first kappa shape index (κ1) is 32.3. The highest BCUT2D eigenvalue weighted by atomic mass is 35.5. The lowest BCUT2D eigenvalue weighted by molar-refractivity contribution is -0.140. The van der Waals surface area contributed by atoms with Gasteiger partial charge in [0, 0.05) is 23.0 Å². The maximum atomic E-state index is 14.1. The van der Waals surface area contributed by atoms with Crippen LogP contribution in [0, 0.1) is 0 Å². The van der Waals surface area contributed by atoms with E-state index in [1.165, 1.54) is 28.8 Å². The van der Waals surface area contributed by atoms with E-state index in [4.69, 9.17) is 16.3 Å². The summed E-state index contributed by atoms with van der Waals surface area (Å²) < 4.78 is 34.6. The molecule has 0 aromatic heterocycles. The largest absolute Gasteiger partial charge is 0.494 e. The number of halogens is 1. The van der Waals surface area contributed by atoms with Gasteiger partial charge in [0.1, 0.15) is 18.3 Å². The lowest BCUT2D eigenvalue weighted by Crippen LogP contribution is -2.52. The molecule has 41 heavy (non-hydrogen) atoms. The number of nitrogens with zero attached hydrogens (tertiary/aromatic N) is 2. The van der Waals surface area contributed by atoms with E-state index in [0.717, 1.165) is 9.20 Å².